The molecule has 0 aliphatic carbocycles. The number of unbranched alkanes of at least 4 members (excludes halogenated alkanes) is 3. The maximum Gasteiger partial charge on any atom is 0.189 e. The maximum absolute atomic E-state index is 12.4. The molecule has 0 bridgehead atoms. The molecule has 1 radical (unpaired) electrons. The normalized spacial score (nSPS) is 10.6. The molecule has 0 heterocycles. The summed E-state index contributed by atoms with van der Waals surface area (Å²) < 4.78 is 0. The third-order valence-electron chi connectivity index (χ3n) is 3.48. The summed E-state index contributed by atoms with van der Waals surface area (Å²) in [5.41, 5.74) is 2.80. The van der Waals surface area contributed by atoms with Gasteiger partial charge in [-0.05, 0) is 18.4 Å². The summed E-state index contributed by atoms with van der Waals surface area (Å²) in [4.78, 5) is 0. The first kappa shape index (κ1) is 13.7. The van der Waals surface area contributed by atoms with E-state index in [2.05, 4.69) is 6.92 Å². The predicted molar refractivity (Wildman–Crippen MR) is 79.9 cm³/mol. The smallest absolute Gasteiger partial charge is 0.189 e. The van der Waals surface area contributed by atoms with Crippen LogP contribution in [0.25, 0.3) is 11.1 Å². The standard InChI is InChI=1S/C18H21O/c1-2-3-4-6-12-16-13-9-14-17(18(16)19)15-10-7-5-8-11-15/h5,7-11,13-14H,2-4,6,12H2,1H3. The van der Waals surface area contributed by atoms with Gasteiger partial charge >= 0.3 is 0 Å². The Morgan fingerprint density at radius 3 is 2.37 bits per heavy atom. The van der Waals surface area contributed by atoms with Gasteiger partial charge in [-0.25, -0.2) is 0 Å². The summed E-state index contributed by atoms with van der Waals surface area (Å²) in [5, 5.41) is 12.4. The fourth-order valence-corrected chi connectivity index (χ4v) is 2.37. The van der Waals surface area contributed by atoms with Crippen LogP contribution in [-0.2, 0) is 11.5 Å². The third kappa shape index (κ3) is 3.60. The number of rotatable bonds is 6. The highest BCUT2D eigenvalue weighted by Gasteiger charge is 2.10. The van der Waals surface area contributed by atoms with E-state index in [1.165, 1.54) is 19.3 Å². The third-order valence-corrected chi connectivity index (χ3v) is 3.48. The zero-order chi connectivity index (χ0) is 13.5. The summed E-state index contributed by atoms with van der Waals surface area (Å²) in [6.07, 6.45) is 5.72. The molecule has 2 aromatic rings. The summed E-state index contributed by atoms with van der Waals surface area (Å²) in [6.45, 7) is 2.20. The highest BCUT2D eigenvalue weighted by Crippen LogP contribution is 2.33. The lowest BCUT2D eigenvalue weighted by Crippen LogP contribution is -1.88. The minimum absolute atomic E-state index is 0.199. The Morgan fingerprint density at radius 2 is 1.63 bits per heavy atom. The average Bonchev–Trinajstić information content (AvgIpc) is 2.46. The van der Waals surface area contributed by atoms with Gasteiger partial charge in [0.25, 0.3) is 0 Å². The molecule has 19 heavy (non-hydrogen) atoms. The number of para-hydroxylation sites is 1. The van der Waals surface area contributed by atoms with Crippen LogP contribution in [0.2, 0.25) is 0 Å². The summed E-state index contributed by atoms with van der Waals surface area (Å²) >= 11 is 0. The van der Waals surface area contributed by atoms with Gasteiger partial charge < -0.3 is 0 Å². The van der Waals surface area contributed by atoms with Crippen molar-refractivity contribution in [2.24, 2.45) is 0 Å². The van der Waals surface area contributed by atoms with Crippen molar-refractivity contribution in [1.29, 1.82) is 0 Å². The number of benzene rings is 2. The fourth-order valence-electron chi connectivity index (χ4n) is 2.37. The fraction of sp³-hybridized carbons (Fsp3) is 0.333. The maximum atomic E-state index is 12.4. The van der Waals surface area contributed by atoms with Gasteiger partial charge in [0.2, 0.25) is 0 Å². The Kier molecular flexibility index (Phi) is 5.02. The van der Waals surface area contributed by atoms with Crippen LogP contribution in [0.5, 0.6) is 5.75 Å². The summed E-state index contributed by atoms with van der Waals surface area (Å²) in [7, 11) is 0. The second kappa shape index (κ2) is 6.98. The first-order chi connectivity index (χ1) is 9.33. The molecule has 0 fully saturated rings. The van der Waals surface area contributed by atoms with Gasteiger partial charge in [-0.3, -0.25) is 5.11 Å². The van der Waals surface area contributed by atoms with Gasteiger partial charge in [-0.1, -0.05) is 74.7 Å². The largest absolute Gasteiger partial charge is 0.289 e. The zero-order valence-electron chi connectivity index (χ0n) is 11.6. The lowest BCUT2D eigenvalue weighted by molar-refractivity contribution is 0.351. The van der Waals surface area contributed by atoms with E-state index in [9.17, 15) is 5.11 Å². The van der Waals surface area contributed by atoms with Crippen molar-refractivity contribution in [2.75, 3.05) is 0 Å². The zero-order valence-corrected chi connectivity index (χ0v) is 11.6. The molecule has 0 amide bonds. The van der Waals surface area contributed by atoms with Crippen LogP contribution < -0.4 is 0 Å². The molecule has 2 rings (SSSR count). The molecule has 99 valence electrons. The molecule has 0 unspecified atom stereocenters. The summed E-state index contributed by atoms with van der Waals surface area (Å²) in [5.74, 6) is 0.199. The van der Waals surface area contributed by atoms with Crippen LogP contribution >= 0.6 is 0 Å². The number of hydrogen-bond acceptors (Lipinski definition) is 0. The monoisotopic (exact) mass is 253 g/mol. The van der Waals surface area contributed by atoms with Crippen LogP contribution in [-0.4, -0.2) is 0 Å². The minimum Gasteiger partial charge on any atom is -0.289 e. The van der Waals surface area contributed by atoms with Crippen molar-refractivity contribution in [3.8, 4) is 16.9 Å². The second-order valence-electron chi connectivity index (χ2n) is 4.97. The van der Waals surface area contributed by atoms with Gasteiger partial charge in [-0.15, -0.1) is 0 Å². The highest BCUT2D eigenvalue weighted by molar-refractivity contribution is 5.71. The first-order valence-corrected chi connectivity index (χ1v) is 7.17. The van der Waals surface area contributed by atoms with Crippen LogP contribution in [0, 0.1) is 0 Å². The van der Waals surface area contributed by atoms with E-state index in [1.54, 1.807) is 0 Å². The van der Waals surface area contributed by atoms with Crippen molar-refractivity contribution in [2.45, 2.75) is 39.0 Å². The Balaban J connectivity index is 2.14. The van der Waals surface area contributed by atoms with Gasteiger partial charge in [-0.2, -0.15) is 0 Å². The van der Waals surface area contributed by atoms with Gasteiger partial charge in [0, 0.05) is 11.1 Å². The molecule has 0 N–H and O–H groups in total. The van der Waals surface area contributed by atoms with Crippen molar-refractivity contribution < 1.29 is 5.11 Å². The van der Waals surface area contributed by atoms with E-state index in [4.69, 9.17) is 0 Å². The van der Waals surface area contributed by atoms with Crippen molar-refractivity contribution in [3.63, 3.8) is 0 Å². The Bertz CT molecular complexity index is 502. The molecule has 0 saturated carbocycles. The lowest BCUT2D eigenvalue weighted by atomic mass is 9.98. The van der Waals surface area contributed by atoms with E-state index in [1.807, 2.05) is 48.5 Å². The molecule has 0 atom stereocenters. The molecule has 0 spiro atoms. The van der Waals surface area contributed by atoms with Crippen LogP contribution in [0.3, 0.4) is 0 Å². The quantitative estimate of drug-likeness (QED) is 0.595. The number of hydrogen-bond donors (Lipinski definition) is 0. The molecular weight excluding hydrogens is 232 g/mol. The van der Waals surface area contributed by atoms with E-state index in [-0.39, 0.29) is 5.75 Å². The molecule has 1 heteroatoms. The average molecular weight is 253 g/mol. The summed E-state index contributed by atoms with van der Waals surface area (Å²) in [6, 6.07) is 15.8. The molecular formula is C18H21O. The molecule has 0 saturated heterocycles. The molecule has 0 aliphatic heterocycles. The number of aryl methyl sites for hydroxylation is 1. The molecule has 1 nitrogen and oxygen atoms in total. The van der Waals surface area contributed by atoms with E-state index in [0.29, 0.717) is 0 Å². The van der Waals surface area contributed by atoms with Crippen LogP contribution in [0.1, 0.15) is 38.2 Å². The highest BCUT2D eigenvalue weighted by atomic mass is 16.3. The van der Waals surface area contributed by atoms with Gasteiger partial charge in [0.1, 0.15) is 0 Å². The molecule has 0 aliphatic rings. The SMILES string of the molecule is CCCCCCc1cccc(-c2ccccc2)c1[O]. The Hall–Kier alpha value is -1.76. The van der Waals surface area contributed by atoms with Crippen LogP contribution in [0.4, 0.5) is 0 Å². The minimum atomic E-state index is 0.199. The van der Waals surface area contributed by atoms with E-state index >= 15 is 0 Å². The predicted octanol–water partition coefficient (Wildman–Crippen LogP) is 5.62. The topological polar surface area (TPSA) is 19.9 Å². The van der Waals surface area contributed by atoms with E-state index < -0.39 is 0 Å². The van der Waals surface area contributed by atoms with Crippen molar-refractivity contribution >= 4 is 0 Å². The van der Waals surface area contributed by atoms with Gasteiger partial charge in [0.05, 0.1) is 0 Å². The second-order valence-corrected chi connectivity index (χ2v) is 4.97. The lowest BCUT2D eigenvalue weighted by Gasteiger charge is -2.07. The van der Waals surface area contributed by atoms with Crippen molar-refractivity contribution in [3.05, 3.63) is 54.1 Å². The molecule has 2 aromatic carbocycles. The Morgan fingerprint density at radius 1 is 0.842 bits per heavy atom. The first-order valence-electron chi connectivity index (χ1n) is 7.17. The van der Waals surface area contributed by atoms with Crippen molar-refractivity contribution in [1.82, 2.24) is 0 Å². The van der Waals surface area contributed by atoms with Gasteiger partial charge in [0.15, 0.2) is 5.75 Å². The Labute approximate surface area is 115 Å². The van der Waals surface area contributed by atoms with Crippen LogP contribution in [0.15, 0.2) is 48.5 Å². The van der Waals surface area contributed by atoms with E-state index in [0.717, 1.165) is 29.5 Å². The molecule has 0 aromatic heterocycles.